The van der Waals surface area contributed by atoms with Crippen molar-refractivity contribution in [2.75, 3.05) is 13.7 Å². The van der Waals surface area contributed by atoms with Crippen LogP contribution < -0.4 is 5.32 Å². The first-order valence-electron chi connectivity index (χ1n) is 13.9. The van der Waals surface area contributed by atoms with Gasteiger partial charge in [-0.25, -0.2) is 14.0 Å². The van der Waals surface area contributed by atoms with Crippen molar-refractivity contribution in [3.05, 3.63) is 35.1 Å². The standard InChI is InChI=1S/C29H40FN3O6/c1-29(2,3)31-25(34)14-21(18-9-6-5-7-10-18)26(35)33-16-20(13-24(33)27(36)38-4)39-28(37)32-15-19-11-8-12-23(30)22(19)17-32/h8,11-12,18,20-21,24H,5-7,9-10,13-17H2,1-4H3,(H,31,34). The Balaban J connectivity index is 1.48. The summed E-state index contributed by atoms with van der Waals surface area (Å²) in [6, 6.07) is 3.83. The fourth-order valence-corrected chi connectivity index (χ4v) is 6.09. The molecule has 39 heavy (non-hydrogen) atoms. The molecule has 1 aliphatic carbocycles. The summed E-state index contributed by atoms with van der Waals surface area (Å²) in [4.78, 5) is 55.4. The van der Waals surface area contributed by atoms with Crippen molar-refractivity contribution < 1.29 is 33.0 Å². The summed E-state index contributed by atoms with van der Waals surface area (Å²) < 4.78 is 24.9. The normalized spacial score (nSPS) is 22.3. The summed E-state index contributed by atoms with van der Waals surface area (Å²) in [5.41, 5.74) is 0.761. The Kier molecular flexibility index (Phi) is 8.81. The first kappa shape index (κ1) is 28.8. The Hall–Kier alpha value is -3.17. The Morgan fingerprint density at radius 2 is 1.82 bits per heavy atom. The molecule has 1 saturated carbocycles. The van der Waals surface area contributed by atoms with Crippen LogP contribution >= 0.6 is 0 Å². The van der Waals surface area contributed by atoms with Gasteiger partial charge in [-0.05, 0) is 51.2 Å². The third kappa shape index (κ3) is 6.89. The summed E-state index contributed by atoms with van der Waals surface area (Å²) in [6.07, 6.45) is 3.57. The van der Waals surface area contributed by atoms with Gasteiger partial charge in [0.25, 0.3) is 0 Å². The first-order valence-corrected chi connectivity index (χ1v) is 13.9. The van der Waals surface area contributed by atoms with Gasteiger partial charge < -0.3 is 19.7 Å². The minimum atomic E-state index is -0.912. The number of halogens is 1. The van der Waals surface area contributed by atoms with Crippen molar-refractivity contribution in [1.82, 2.24) is 15.1 Å². The number of esters is 1. The van der Waals surface area contributed by atoms with Gasteiger partial charge in [0.05, 0.1) is 20.2 Å². The van der Waals surface area contributed by atoms with Crippen molar-refractivity contribution in [3.8, 4) is 0 Å². The van der Waals surface area contributed by atoms with Gasteiger partial charge in [-0.1, -0.05) is 31.4 Å². The van der Waals surface area contributed by atoms with E-state index in [1.165, 1.54) is 23.0 Å². The van der Waals surface area contributed by atoms with E-state index in [1.54, 1.807) is 12.1 Å². The second kappa shape index (κ2) is 11.9. The fourth-order valence-electron chi connectivity index (χ4n) is 6.09. The number of carbonyl (C=O) groups excluding carboxylic acids is 4. The molecule has 3 aliphatic rings. The van der Waals surface area contributed by atoms with Crippen LogP contribution in [-0.4, -0.2) is 65.0 Å². The fraction of sp³-hybridized carbons (Fsp3) is 0.655. The molecule has 1 N–H and O–H groups in total. The molecule has 0 spiro atoms. The van der Waals surface area contributed by atoms with Crippen LogP contribution in [0.1, 0.15) is 76.8 Å². The Morgan fingerprint density at radius 1 is 1.10 bits per heavy atom. The van der Waals surface area contributed by atoms with Crippen molar-refractivity contribution in [2.24, 2.45) is 11.8 Å². The van der Waals surface area contributed by atoms with Gasteiger partial charge in [-0.3, -0.25) is 14.5 Å². The molecule has 1 aromatic rings. The first-order chi connectivity index (χ1) is 18.5. The number of hydrogen-bond donors (Lipinski definition) is 1. The third-order valence-corrected chi connectivity index (χ3v) is 7.93. The summed E-state index contributed by atoms with van der Waals surface area (Å²) in [7, 11) is 1.26. The number of amides is 3. The largest absolute Gasteiger partial charge is 0.467 e. The second-order valence-corrected chi connectivity index (χ2v) is 12.0. The number of nitrogens with one attached hydrogen (secondary N) is 1. The van der Waals surface area contributed by atoms with Crippen LogP contribution in [0.25, 0.3) is 0 Å². The summed E-state index contributed by atoms with van der Waals surface area (Å²) >= 11 is 0. The number of fused-ring (bicyclic) bond motifs is 1. The maximum Gasteiger partial charge on any atom is 0.410 e. The summed E-state index contributed by atoms with van der Waals surface area (Å²) in [5.74, 6) is -1.98. The van der Waals surface area contributed by atoms with E-state index in [-0.39, 0.29) is 56.0 Å². The van der Waals surface area contributed by atoms with Crippen LogP contribution in [0.2, 0.25) is 0 Å². The monoisotopic (exact) mass is 545 g/mol. The number of rotatable bonds is 6. The molecule has 2 heterocycles. The molecule has 2 fully saturated rings. The van der Waals surface area contributed by atoms with Gasteiger partial charge in [0.15, 0.2) is 0 Å². The highest BCUT2D eigenvalue weighted by atomic mass is 19.1. The van der Waals surface area contributed by atoms with Crippen LogP contribution in [0, 0.1) is 17.7 Å². The molecule has 1 aromatic carbocycles. The zero-order chi connectivity index (χ0) is 28.3. The minimum absolute atomic E-state index is 0.0313. The van der Waals surface area contributed by atoms with Gasteiger partial charge in [-0.15, -0.1) is 0 Å². The third-order valence-electron chi connectivity index (χ3n) is 7.93. The van der Waals surface area contributed by atoms with Crippen LogP contribution in [0.3, 0.4) is 0 Å². The van der Waals surface area contributed by atoms with E-state index in [1.807, 2.05) is 20.8 Å². The molecule has 0 radical (unpaired) electrons. The van der Waals surface area contributed by atoms with E-state index in [4.69, 9.17) is 9.47 Å². The molecule has 3 unspecified atom stereocenters. The maximum absolute atomic E-state index is 14.2. The topological polar surface area (TPSA) is 105 Å². The smallest absolute Gasteiger partial charge is 0.410 e. The molecule has 4 rings (SSSR count). The Morgan fingerprint density at radius 3 is 2.46 bits per heavy atom. The minimum Gasteiger partial charge on any atom is -0.467 e. The lowest BCUT2D eigenvalue weighted by Gasteiger charge is -2.34. The lowest BCUT2D eigenvalue weighted by molar-refractivity contribution is -0.153. The van der Waals surface area contributed by atoms with Crippen LogP contribution in [0.4, 0.5) is 9.18 Å². The van der Waals surface area contributed by atoms with Crippen LogP contribution in [0.15, 0.2) is 18.2 Å². The van der Waals surface area contributed by atoms with Gasteiger partial charge in [0.1, 0.15) is 18.0 Å². The molecule has 214 valence electrons. The predicted octanol–water partition coefficient (Wildman–Crippen LogP) is 3.92. The second-order valence-electron chi connectivity index (χ2n) is 12.0. The van der Waals surface area contributed by atoms with Gasteiger partial charge in [-0.2, -0.15) is 0 Å². The average Bonchev–Trinajstić information content (AvgIpc) is 3.51. The predicted molar refractivity (Wildman–Crippen MR) is 141 cm³/mol. The highest BCUT2D eigenvalue weighted by Gasteiger charge is 2.46. The zero-order valence-electron chi connectivity index (χ0n) is 23.3. The average molecular weight is 546 g/mol. The van der Waals surface area contributed by atoms with E-state index in [0.29, 0.717) is 5.56 Å². The van der Waals surface area contributed by atoms with Gasteiger partial charge in [0.2, 0.25) is 11.8 Å². The maximum atomic E-state index is 14.2. The van der Waals surface area contributed by atoms with Crippen molar-refractivity contribution in [2.45, 2.75) is 96.5 Å². The number of benzene rings is 1. The number of hydrogen-bond acceptors (Lipinski definition) is 6. The molecule has 1 saturated heterocycles. The van der Waals surface area contributed by atoms with E-state index < -0.39 is 35.7 Å². The number of carbonyl (C=O) groups is 4. The van der Waals surface area contributed by atoms with Crippen molar-refractivity contribution in [3.63, 3.8) is 0 Å². The molecule has 10 heteroatoms. The van der Waals surface area contributed by atoms with E-state index in [9.17, 15) is 23.6 Å². The van der Waals surface area contributed by atoms with E-state index in [0.717, 1.165) is 37.7 Å². The van der Waals surface area contributed by atoms with Gasteiger partial charge >= 0.3 is 12.1 Å². The zero-order valence-corrected chi connectivity index (χ0v) is 23.3. The summed E-state index contributed by atoms with van der Waals surface area (Å²) in [6.45, 7) is 6.04. The lowest BCUT2D eigenvalue weighted by Crippen LogP contribution is -2.48. The lowest BCUT2D eigenvalue weighted by atomic mass is 9.77. The van der Waals surface area contributed by atoms with Crippen LogP contribution in [-0.2, 0) is 36.9 Å². The van der Waals surface area contributed by atoms with E-state index in [2.05, 4.69) is 5.32 Å². The number of likely N-dealkylation sites (tertiary alicyclic amines) is 1. The molecule has 3 amide bonds. The molecule has 3 atom stereocenters. The Labute approximate surface area is 229 Å². The highest BCUT2D eigenvalue weighted by molar-refractivity contribution is 5.90. The molecule has 0 bridgehead atoms. The molecular formula is C29H40FN3O6. The highest BCUT2D eigenvalue weighted by Crippen LogP contribution is 2.36. The number of methoxy groups -OCH3 is 1. The van der Waals surface area contributed by atoms with Crippen molar-refractivity contribution in [1.29, 1.82) is 0 Å². The number of nitrogens with zero attached hydrogens (tertiary/aromatic N) is 2. The quantitative estimate of drug-likeness (QED) is 0.544. The SMILES string of the molecule is COC(=O)C1CC(OC(=O)N2Cc3cccc(F)c3C2)CN1C(=O)C(CC(=O)NC(C)(C)C)C1CCCCC1. The van der Waals surface area contributed by atoms with Gasteiger partial charge in [0, 0.05) is 36.4 Å². The van der Waals surface area contributed by atoms with Crippen LogP contribution in [0.5, 0.6) is 0 Å². The van der Waals surface area contributed by atoms with Crippen molar-refractivity contribution >= 4 is 23.9 Å². The molecule has 9 nitrogen and oxygen atoms in total. The Bertz CT molecular complexity index is 1100. The number of ether oxygens (including phenoxy) is 2. The summed E-state index contributed by atoms with van der Waals surface area (Å²) in [5, 5.41) is 2.95. The molecule has 0 aromatic heterocycles. The van der Waals surface area contributed by atoms with E-state index >= 15 is 0 Å². The molecular weight excluding hydrogens is 505 g/mol. The molecule has 2 aliphatic heterocycles.